The third kappa shape index (κ3) is 2.33. The van der Waals surface area contributed by atoms with Crippen LogP contribution in [0.4, 0.5) is 11.4 Å². The largest absolute Gasteiger partial charge is 0.497 e. The molecule has 122 valence electrons. The molecule has 2 aromatic carbocycles. The zero-order chi connectivity index (χ0) is 16.7. The van der Waals surface area contributed by atoms with Gasteiger partial charge in [0.25, 0.3) is 5.69 Å². The van der Waals surface area contributed by atoms with Crippen LogP contribution in [-0.4, -0.2) is 12.0 Å². The van der Waals surface area contributed by atoms with E-state index in [0.717, 1.165) is 23.4 Å². The topological polar surface area (TPSA) is 64.4 Å². The number of nitro groups is 1. The first-order chi connectivity index (χ1) is 11.7. The normalized spacial score (nSPS) is 24.0. The molecule has 2 aromatic rings. The monoisotopic (exact) mass is 322 g/mol. The number of hydrogen-bond donors (Lipinski definition) is 1. The maximum atomic E-state index is 11.1. The van der Waals surface area contributed by atoms with Gasteiger partial charge in [-0.2, -0.15) is 0 Å². The van der Waals surface area contributed by atoms with Gasteiger partial charge in [0.2, 0.25) is 0 Å². The molecule has 0 unspecified atom stereocenters. The number of fused-ring (bicyclic) bond motifs is 3. The van der Waals surface area contributed by atoms with Crippen molar-refractivity contribution >= 4 is 11.4 Å². The Labute approximate surface area is 140 Å². The van der Waals surface area contributed by atoms with E-state index < -0.39 is 0 Å². The molecule has 3 atom stereocenters. The number of nitrogens with one attached hydrogen (secondary N) is 1. The highest BCUT2D eigenvalue weighted by atomic mass is 16.6. The summed E-state index contributed by atoms with van der Waals surface area (Å²) in [7, 11) is 1.67. The molecule has 0 fully saturated rings. The average Bonchev–Trinajstić information content (AvgIpc) is 3.10. The van der Waals surface area contributed by atoms with Crippen molar-refractivity contribution in [3.63, 3.8) is 0 Å². The Bertz CT molecular complexity index is 831. The molecule has 0 spiro atoms. The first-order valence-electron chi connectivity index (χ1n) is 8.03. The lowest BCUT2D eigenvalue weighted by Gasteiger charge is -2.37. The number of rotatable bonds is 3. The molecular formula is C19H18N2O3. The highest BCUT2D eigenvalue weighted by molar-refractivity contribution is 5.62. The van der Waals surface area contributed by atoms with E-state index >= 15 is 0 Å². The van der Waals surface area contributed by atoms with Crippen molar-refractivity contribution in [2.75, 3.05) is 12.4 Å². The Morgan fingerprint density at radius 1 is 1.25 bits per heavy atom. The maximum Gasteiger partial charge on any atom is 0.269 e. The number of allylic oxidation sites excluding steroid dienone is 2. The third-order valence-electron chi connectivity index (χ3n) is 5.01. The zero-order valence-corrected chi connectivity index (χ0v) is 13.3. The maximum absolute atomic E-state index is 11.1. The summed E-state index contributed by atoms with van der Waals surface area (Å²) in [5.41, 5.74) is 3.40. The van der Waals surface area contributed by atoms with Gasteiger partial charge in [-0.3, -0.25) is 10.1 Å². The summed E-state index contributed by atoms with van der Waals surface area (Å²) in [4.78, 5) is 10.8. The molecule has 0 radical (unpaired) electrons. The molecule has 0 saturated carbocycles. The van der Waals surface area contributed by atoms with Crippen LogP contribution >= 0.6 is 0 Å². The minimum atomic E-state index is -0.338. The van der Waals surface area contributed by atoms with E-state index in [2.05, 4.69) is 23.5 Å². The summed E-state index contributed by atoms with van der Waals surface area (Å²) in [6.45, 7) is 0. The van der Waals surface area contributed by atoms with Gasteiger partial charge in [0.15, 0.2) is 0 Å². The van der Waals surface area contributed by atoms with E-state index in [4.69, 9.17) is 4.74 Å². The molecule has 1 heterocycles. The summed E-state index contributed by atoms with van der Waals surface area (Å²) in [5.74, 6) is 1.51. The van der Waals surface area contributed by atoms with Crippen molar-refractivity contribution in [3.05, 3.63) is 75.9 Å². The fourth-order valence-corrected chi connectivity index (χ4v) is 3.86. The fraction of sp³-hybridized carbons (Fsp3) is 0.263. The van der Waals surface area contributed by atoms with Crippen LogP contribution in [0.1, 0.15) is 29.5 Å². The first kappa shape index (κ1) is 14.8. The molecular weight excluding hydrogens is 304 g/mol. The highest BCUT2D eigenvalue weighted by Crippen LogP contribution is 2.50. The highest BCUT2D eigenvalue weighted by Gasteiger charge is 2.38. The van der Waals surface area contributed by atoms with Crippen molar-refractivity contribution in [1.29, 1.82) is 0 Å². The second-order valence-electron chi connectivity index (χ2n) is 6.28. The zero-order valence-electron chi connectivity index (χ0n) is 13.3. The number of non-ortho nitro benzene ring substituents is 1. The van der Waals surface area contributed by atoms with Gasteiger partial charge in [0.05, 0.1) is 18.1 Å². The van der Waals surface area contributed by atoms with E-state index in [1.807, 2.05) is 18.2 Å². The number of benzene rings is 2. The molecule has 2 aliphatic rings. The van der Waals surface area contributed by atoms with Crippen molar-refractivity contribution in [3.8, 4) is 5.75 Å². The Morgan fingerprint density at radius 3 is 2.92 bits per heavy atom. The number of ether oxygens (including phenoxy) is 1. The number of methoxy groups -OCH3 is 1. The van der Waals surface area contributed by atoms with Crippen molar-refractivity contribution in [1.82, 2.24) is 0 Å². The van der Waals surface area contributed by atoms with Crippen LogP contribution in [0.2, 0.25) is 0 Å². The van der Waals surface area contributed by atoms with Crippen molar-refractivity contribution in [2.24, 2.45) is 5.92 Å². The second kappa shape index (κ2) is 5.67. The minimum absolute atomic E-state index is 0.0609. The quantitative estimate of drug-likeness (QED) is 0.516. The number of nitrogens with zero attached hydrogens (tertiary/aromatic N) is 1. The van der Waals surface area contributed by atoms with Crippen molar-refractivity contribution < 1.29 is 9.66 Å². The molecule has 0 aromatic heterocycles. The van der Waals surface area contributed by atoms with Gasteiger partial charge in [-0.25, -0.2) is 0 Å². The van der Waals surface area contributed by atoms with Gasteiger partial charge in [-0.05, 0) is 41.7 Å². The lowest BCUT2D eigenvalue weighted by Crippen LogP contribution is -2.29. The van der Waals surface area contributed by atoms with Crippen molar-refractivity contribution in [2.45, 2.75) is 18.4 Å². The summed E-state index contributed by atoms with van der Waals surface area (Å²) >= 11 is 0. The number of hydrogen-bond acceptors (Lipinski definition) is 4. The Hall–Kier alpha value is -2.82. The van der Waals surface area contributed by atoms with Crippen LogP contribution in [0.3, 0.4) is 0 Å². The lowest BCUT2D eigenvalue weighted by molar-refractivity contribution is -0.384. The van der Waals surface area contributed by atoms with E-state index in [9.17, 15) is 10.1 Å². The van der Waals surface area contributed by atoms with Crippen LogP contribution in [0.25, 0.3) is 0 Å². The number of nitro benzene ring substituents is 1. The molecule has 1 aliphatic heterocycles. The fourth-order valence-electron chi connectivity index (χ4n) is 3.86. The third-order valence-corrected chi connectivity index (χ3v) is 5.01. The summed E-state index contributed by atoms with van der Waals surface area (Å²) in [6.07, 6.45) is 5.41. The van der Waals surface area contributed by atoms with Crippen LogP contribution in [0, 0.1) is 16.0 Å². The Morgan fingerprint density at radius 2 is 2.12 bits per heavy atom. The standard InChI is InChI=1S/C19H18N2O3/c1-24-14-8-9-18-17(11-14)15-6-3-7-16(15)19(20-18)12-4-2-5-13(10-12)21(22)23/h2-6,8-11,15-16,19-20H,7H2,1H3/t15-,16-,19+/m0/s1. The summed E-state index contributed by atoms with van der Waals surface area (Å²) < 4.78 is 5.36. The van der Waals surface area contributed by atoms with E-state index in [-0.39, 0.29) is 16.7 Å². The molecule has 5 nitrogen and oxygen atoms in total. The summed E-state index contributed by atoms with van der Waals surface area (Å²) in [5, 5.41) is 14.7. The van der Waals surface area contributed by atoms with E-state index in [1.165, 1.54) is 11.6 Å². The molecule has 4 rings (SSSR count). The van der Waals surface area contributed by atoms with Gasteiger partial charge in [0, 0.05) is 23.7 Å². The molecule has 1 aliphatic carbocycles. The second-order valence-corrected chi connectivity index (χ2v) is 6.28. The lowest BCUT2D eigenvalue weighted by atomic mass is 9.77. The predicted octanol–water partition coefficient (Wildman–Crippen LogP) is 4.43. The Balaban J connectivity index is 1.76. The molecule has 0 amide bonds. The van der Waals surface area contributed by atoms with Crippen LogP contribution in [0.15, 0.2) is 54.6 Å². The SMILES string of the molecule is COc1ccc2c(c1)[C@H]1C=CC[C@@H]1[C@@H](c1cccc([N+](=O)[O-])c1)N2. The number of anilines is 1. The Kier molecular flexibility index (Phi) is 3.49. The van der Waals surface area contributed by atoms with Gasteiger partial charge in [0.1, 0.15) is 5.75 Å². The molecule has 0 bridgehead atoms. The van der Waals surface area contributed by atoms with Gasteiger partial charge in [-0.15, -0.1) is 0 Å². The minimum Gasteiger partial charge on any atom is -0.497 e. The average molecular weight is 322 g/mol. The van der Waals surface area contributed by atoms with Crippen LogP contribution in [0.5, 0.6) is 5.75 Å². The molecule has 0 saturated heterocycles. The van der Waals surface area contributed by atoms with E-state index in [1.54, 1.807) is 19.2 Å². The molecule has 1 N–H and O–H groups in total. The first-order valence-corrected chi connectivity index (χ1v) is 8.03. The van der Waals surface area contributed by atoms with E-state index in [0.29, 0.717) is 11.8 Å². The van der Waals surface area contributed by atoms with Gasteiger partial charge in [-0.1, -0.05) is 24.3 Å². The smallest absolute Gasteiger partial charge is 0.269 e. The predicted molar refractivity (Wildman–Crippen MR) is 92.4 cm³/mol. The molecule has 5 heteroatoms. The summed E-state index contributed by atoms with van der Waals surface area (Å²) in [6, 6.07) is 13.1. The van der Waals surface area contributed by atoms with Crippen LogP contribution in [-0.2, 0) is 0 Å². The molecule has 24 heavy (non-hydrogen) atoms. The van der Waals surface area contributed by atoms with Crippen LogP contribution < -0.4 is 10.1 Å². The van der Waals surface area contributed by atoms with Gasteiger partial charge < -0.3 is 10.1 Å². The van der Waals surface area contributed by atoms with Gasteiger partial charge >= 0.3 is 0 Å².